The first-order valence-electron chi connectivity index (χ1n) is 7.16. The summed E-state index contributed by atoms with van der Waals surface area (Å²) in [5.41, 5.74) is 3.50. The number of nitrogens with one attached hydrogen (secondary N) is 2. The van der Waals surface area contributed by atoms with Crippen LogP contribution in [-0.2, 0) is 16.0 Å². The summed E-state index contributed by atoms with van der Waals surface area (Å²) in [4.78, 5) is 23.0. The van der Waals surface area contributed by atoms with Crippen LogP contribution >= 0.6 is 11.6 Å². The molecule has 1 aliphatic heterocycles. The van der Waals surface area contributed by atoms with Gasteiger partial charge in [-0.1, -0.05) is 11.6 Å². The van der Waals surface area contributed by atoms with Crippen LogP contribution in [0.3, 0.4) is 0 Å². The molecule has 0 aromatic heterocycles. The minimum Gasteiger partial charge on any atom is -0.488 e. The van der Waals surface area contributed by atoms with E-state index in [1.165, 1.54) is 0 Å². The zero-order chi connectivity index (χ0) is 17.7. The number of alkyl carbamates (subject to hydrolysis) is 1. The van der Waals surface area contributed by atoms with E-state index in [1.54, 1.807) is 25.1 Å². The molecule has 1 aromatic rings. The lowest BCUT2D eigenvalue weighted by atomic mass is 10.1. The second kappa shape index (κ2) is 7.66. The molecule has 1 aliphatic rings. The van der Waals surface area contributed by atoms with E-state index in [2.05, 4.69) is 15.3 Å². The van der Waals surface area contributed by atoms with E-state index >= 15 is 0 Å². The lowest BCUT2D eigenvalue weighted by Gasteiger charge is -2.08. The van der Waals surface area contributed by atoms with Gasteiger partial charge in [-0.2, -0.15) is 10.4 Å². The largest absolute Gasteiger partial charge is 0.488 e. The number of anilines is 1. The Labute approximate surface area is 143 Å². The van der Waals surface area contributed by atoms with Crippen LogP contribution in [0.5, 0.6) is 5.75 Å². The number of benzene rings is 1. The van der Waals surface area contributed by atoms with Gasteiger partial charge in [-0.25, -0.2) is 4.79 Å². The molecule has 0 fully saturated rings. The molecule has 1 aromatic carbocycles. The SMILES string of the molecule is CCOC(=O)NC(=O)C(C#N)=NNc1ccc(Cl)c2c1CC(C)O2. The van der Waals surface area contributed by atoms with Crippen molar-refractivity contribution in [2.45, 2.75) is 26.4 Å². The molecule has 0 aliphatic carbocycles. The van der Waals surface area contributed by atoms with Gasteiger partial charge in [-0.15, -0.1) is 0 Å². The number of nitriles is 1. The third-order valence-electron chi connectivity index (χ3n) is 3.12. The van der Waals surface area contributed by atoms with E-state index in [-0.39, 0.29) is 12.7 Å². The van der Waals surface area contributed by atoms with Crippen molar-refractivity contribution in [3.8, 4) is 11.8 Å². The van der Waals surface area contributed by atoms with E-state index < -0.39 is 17.7 Å². The molecule has 0 spiro atoms. The molecule has 8 nitrogen and oxygen atoms in total. The molecular formula is C15H15ClN4O4. The third-order valence-corrected chi connectivity index (χ3v) is 3.42. The van der Waals surface area contributed by atoms with Gasteiger partial charge in [0, 0.05) is 12.0 Å². The van der Waals surface area contributed by atoms with Gasteiger partial charge >= 0.3 is 6.09 Å². The number of hydrazone groups is 1. The van der Waals surface area contributed by atoms with Crippen LogP contribution in [-0.4, -0.2) is 30.4 Å². The van der Waals surface area contributed by atoms with Crippen molar-refractivity contribution in [2.24, 2.45) is 5.10 Å². The van der Waals surface area contributed by atoms with Gasteiger partial charge in [-0.3, -0.25) is 15.5 Å². The lowest BCUT2D eigenvalue weighted by Crippen LogP contribution is -2.36. The number of amides is 2. The maximum Gasteiger partial charge on any atom is 0.414 e. The van der Waals surface area contributed by atoms with E-state index in [9.17, 15) is 9.59 Å². The van der Waals surface area contributed by atoms with Crippen LogP contribution in [0.25, 0.3) is 0 Å². The van der Waals surface area contributed by atoms with E-state index in [1.807, 2.05) is 12.2 Å². The Balaban J connectivity index is 2.15. The van der Waals surface area contributed by atoms with Crippen LogP contribution in [0.15, 0.2) is 17.2 Å². The molecule has 0 radical (unpaired) electrons. The highest BCUT2D eigenvalue weighted by molar-refractivity contribution is 6.46. The molecule has 1 unspecified atom stereocenters. The van der Waals surface area contributed by atoms with Crippen molar-refractivity contribution >= 4 is 35.0 Å². The molecule has 24 heavy (non-hydrogen) atoms. The highest BCUT2D eigenvalue weighted by Crippen LogP contribution is 2.40. The first-order valence-corrected chi connectivity index (χ1v) is 7.54. The average molecular weight is 351 g/mol. The fourth-order valence-corrected chi connectivity index (χ4v) is 2.35. The first-order chi connectivity index (χ1) is 11.5. The number of hydrogen-bond acceptors (Lipinski definition) is 7. The van der Waals surface area contributed by atoms with Crippen LogP contribution in [0.4, 0.5) is 10.5 Å². The number of carbonyl (C=O) groups excluding carboxylic acids is 2. The summed E-state index contributed by atoms with van der Waals surface area (Å²) in [5.74, 6) is -0.405. The summed E-state index contributed by atoms with van der Waals surface area (Å²) in [6, 6.07) is 4.91. The standard InChI is InChI=1S/C15H15ClN4O4/c1-3-23-15(22)18-14(21)12(7-17)20-19-11-5-4-10(16)13-9(11)6-8(2)24-13/h4-5,8,19H,3,6H2,1-2H3,(H,18,21,22). The molecule has 1 heterocycles. The van der Waals surface area contributed by atoms with Crippen molar-refractivity contribution in [2.75, 3.05) is 12.0 Å². The van der Waals surface area contributed by atoms with Gasteiger partial charge in [0.05, 0.1) is 17.3 Å². The Hall–Kier alpha value is -2.79. The van der Waals surface area contributed by atoms with Crippen LogP contribution in [0.1, 0.15) is 19.4 Å². The average Bonchev–Trinajstić information content (AvgIpc) is 2.92. The Kier molecular flexibility index (Phi) is 5.60. The minimum atomic E-state index is -0.960. The van der Waals surface area contributed by atoms with Crippen molar-refractivity contribution in [3.63, 3.8) is 0 Å². The fraction of sp³-hybridized carbons (Fsp3) is 0.333. The molecule has 2 amide bonds. The highest BCUT2D eigenvalue weighted by Gasteiger charge is 2.25. The second-order valence-electron chi connectivity index (χ2n) is 4.89. The predicted molar refractivity (Wildman–Crippen MR) is 87.1 cm³/mol. The molecule has 2 rings (SSSR count). The number of nitrogens with zero attached hydrogens (tertiary/aromatic N) is 2. The summed E-state index contributed by atoms with van der Waals surface area (Å²) in [5, 5.41) is 15.1. The summed E-state index contributed by atoms with van der Waals surface area (Å²) >= 11 is 6.08. The molecule has 0 saturated heterocycles. The summed E-state index contributed by atoms with van der Waals surface area (Å²) in [6.07, 6.45) is -0.364. The molecule has 126 valence electrons. The molecule has 2 N–H and O–H groups in total. The van der Waals surface area contributed by atoms with Crippen molar-refractivity contribution in [1.82, 2.24) is 5.32 Å². The normalized spacial score (nSPS) is 15.8. The third kappa shape index (κ3) is 3.94. The molecule has 0 bridgehead atoms. The highest BCUT2D eigenvalue weighted by atomic mass is 35.5. The van der Waals surface area contributed by atoms with Crippen LogP contribution < -0.4 is 15.5 Å². The Morgan fingerprint density at radius 3 is 2.96 bits per heavy atom. The predicted octanol–water partition coefficient (Wildman–Crippen LogP) is 2.23. The van der Waals surface area contributed by atoms with E-state index in [0.29, 0.717) is 22.9 Å². The topological polar surface area (TPSA) is 113 Å². The van der Waals surface area contributed by atoms with Gasteiger partial charge in [0.15, 0.2) is 0 Å². The number of imide groups is 1. The van der Waals surface area contributed by atoms with E-state index in [0.717, 1.165) is 5.56 Å². The number of rotatable bonds is 4. The molecule has 9 heteroatoms. The quantitative estimate of drug-likeness (QED) is 0.636. The Bertz CT molecular complexity index is 742. The van der Waals surface area contributed by atoms with Gasteiger partial charge in [0.2, 0.25) is 5.71 Å². The van der Waals surface area contributed by atoms with Gasteiger partial charge < -0.3 is 9.47 Å². The number of ether oxygens (including phenoxy) is 2. The van der Waals surface area contributed by atoms with Gasteiger partial charge in [0.25, 0.3) is 5.91 Å². The molecule has 0 saturated carbocycles. The maximum absolute atomic E-state index is 11.8. The second-order valence-corrected chi connectivity index (χ2v) is 5.30. The Morgan fingerprint density at radius 1 is 1.54 bits per heavy atom. The smallest absolute Gasteiger partial charge is 0.414 e. The van der Waals surface area contributed by atoms with Crippen molar-refractivity contribution in [1.29, 1.82) is 5.26 Å². The summed E-state index contributed by atoms with van der Waals surface area (Å²) in [7, 11) is 0. The number of halogens is 1. The van der Waals surface area contributed by atoms with Crippen LogP contribution in [0, 0.1) is 11.3 Å². The first kappa shape index (κ1) is 17.6. The molecular weight excluding hydrogens is 336 g/mol. The summed E-state index contributed by atoms with van der Waals surface area (Å²) in [6.45, 7) is 3.59. The van der Waals surface area contributed by atoms with Crippen molar-refractivity contribution in [3.05, 3.63) is 22.7 Å². The van der Waals surface area contributed by atoms with Crippen molar-refractivity contribution < 1.29 is 19.1 Å². The lowest BCUT2D eigenvalue weighted by molar-refractivity contribution is -0.114. The maximum atomic E-state index is 11.8. The molecule has 1 atom stereocenters. The zero-order valence-electron chi connectivity index (χ0n) is 13.1. The fourth-order valence-electron chi connectivity index (χ4n) is 2.13. The van der Waals surface area contributed by atoms with Gasteiger partial charge in [-0.05, 0) is 26.0 Å². The van der Waals surface area contributed by atoms with Crippen LogP contribution in [0.2, 0.25) is 5.02 Å². The zero-order valence-corrected chi connectivity index (χ0v) is 13.8. The number of hydrogen-bond donors (Lipinski definition) is 2. The number of fused-ring (bicyclic) bond motifs is 1. The Morgan fingerprint density at radius 2 is 2.29 bits per heavy atom. The summed E-state index contributed by atoms with van der Waals surface area (Å²) < 4.78 is 10.2. The van der Waals surface area contributed by atoms with E-state index in [4.69, 9.17) is 21.6 Å². The monoisotopic (exact) mass is 350 g/mol. The number of carbonyl (C=O) groups is 2. The van der Waals surface area contributed by atoms with Gasteiger partial charge in [0.1, 0.15) is 17.9 Å². The minimum absolute atomic E-state index is 0.0352.